The Morgan fingerprint density at radius 1 is 1.04 bits per heavy atom. The number of sulfonamides is 1. The van der Waals surface area contributed by atoms with E-state index in [9.17, 15) is 8.42 Å². The molecule has 1 aromatic heterocycles. The van der Waals surface area contributed by atoms with Gasteiger partial charge in [0, 0.05) is 13.1 Å². The first kappa shape index (κ1) is 18.8. The molecule has 2 aromatic carbocycles. The van der Waals surface area contributed by atoms with Crippen molar-refractivity contribution in [1.29, 1.82) is 0 Å². The number of fused-ring (bicyclic) bond motifs is 1. The highest BCUT2D eigenvalue weighted by atomic mass is 32.2. The summed E-state index contributed by atoms with van der Waals surface area (Å²) in [5.41, 5.74) is 3.45. The molecule has 0 N–H and O–H groups in total. The van der Waals surface area contributed by atoms with Crippen LogP contribution in [0, 0.1) is 13.8 Å². The molecule has 28 heavy (non-hydrogen) atoms. The molecular formula is C21H23N3O3S. The molecule has 0 radical (unpaired) electrons. The Morgan fingerprint density at radius 3 is 2.46 bits per heavy atom. The highest BCUT2D eigenvalue weighted by molar-refractivity contribution is 7.89. The third-order valence-electron chi connectivity index (χ3n) is 5.06. The van der Waals surface area contributed by atoms with Crippen molar-refractivity contribution in [2.45, 2.75) is 37.7 Å². The van der Waals surface area contributed by atoms with Gasteiger partial charge in [-0.1, -0.05) is 29.8 Å². The quantitative estimate of drug-likeness (QED) is 0.674. The Hall–Kier alpha value is -2.51. The summed E-state index contributed by atoms with van der Waals surface area (Å²) in [6.07, 6.45) is 2.80. The average Bonchev–Trinajstić information content (AvgIpc) is 2.68. The van der Waals surface area contributed by atoms with Gasteiger partial charge in [-0.05, 0) is 50.5 Å². The summed E-state index contributed by atoms with van der Waals surface area (Å²) >= 11 is 0. The molecule has 0 unspecified atom stereocenters. The summed E-state index contributed by atoms with van der Waals surface area (Å²) in [7, 11) is -3.48. The van der Waals surface area contributed by atoms with Crippen LogP contribution in [0.1, 0.15) is 24.0 Å². The number of nitrogens with zero attached hydrogens (tertiary/aromatic N) is 3. The Morgan fingerprint density at radius 2 is 1.75 bits per heavy atom. The van der Waals surface area contributed by atoms with Crippen LogP contribution in [-0.4, -0.2) is 41.9 Å². The van der Waals surface area contributed by atoms with Gasteiger partial charge in [0.05, 0.1) is 22.1 Å². The second kappa shape index (κ2) is 7.48. The molecule has 0 atom stereocenters. The Kier molecular flexibility index (Phi) is 5.03. The maximum absolute atomic E-state index is 13.0. The van der Waals surface area contributed by atoms with Gasteiger partial charge >= 0.3 is 0 Å². The lowest BCUT2D eigenvalue weighted by atomic mass is 10.1. The van der Waals surface area contributed by atoms with E-state index in [0.29, 0.717) is 36.7 Å². The fourth-order valence-electron chi connectivity index (χ4n) is 3.59. The number of aromatic nitrogens is 2. The van der Waals surface area contributed by atoms with Crippen molar-refractivity contribution in [2.24, 2.45) is 0 Å². The highest BCUT2D eigenvalue weighted by Crippen LogP contribution is 2.26. The van der Waals surface area contributed by atoms with Crippen LogP contribution < -0.4 is 4.74 Å². The molecule has 2 heterocycles. The van der Waals surface area contributed by atoms with Gasteiger partial charge in [-0.3, -0.25) is 0 Å². The summed E-state index contributed by atoms with van der Waals surface area (Å²) in [5.74, 6) is 0.481. The van der Waals surface area contributed by atoms with Crippen LogP contribution >= 0.6 is 0 Å². The minimum absolute atomic E-state index is 0.0685. The maximum atomic E-state index is 13.0. The number of hydrogen-bond acceptors (Lipinski definition) is 5. The normalized spacial score (nSPS) is 16.4. The van der Waals surface area contributed by atoms with E-state index in [0.717, 1.165) is 22.2 Å². The number of aryl methyl sites for hydroxylation is 2. The predicted octanol–water partition coefficient (Wildman–Crippen LogP) is 3.48. The first-order chi connectivity index (χ1) is 13.4. The fourth-order valence-corrected chi connectivity index (χ4v) is 5.26. The standard InChI is InChI=1S/C21H23N3O3S/c1-15-7-8-20(16(2)13-15)28(25,26)24-11-9-17(10-12-24)27-21-14-22-18-5-3-4-6-19(18)23-21/h3-8,13-14,17H,9-12H2,1-2H3. The molecule has 0 amide bonds. The van der Waals surface area contributed by atoms with Gasteiger partial charge in [-0.25, -0.2) is 18.4 Å². The SMILES string of the molecule is Cc1ccc(S(=O)(=O)N2CCC(Oc3cnc4ccccc4n3)CC2)c(C)c1. The van der Waals surface area contributed by atoms with Crippen molar-refractivity contribution in [3.05, 3.63) is 59.8 Å². The summed E-state index contributed by atoms with van der Waals surface area (Å²) < 4.78 is 33.5. The molecule has 146 valence electrons. The van der Waals surface area contributed by atoms with Crippen LogP contribution in [0.3, 0.4) is 0 Å². The molecule has 7 heteroatoms. The predicted molar refractivity (Wildman–Crippen MR) is 108 cm³/mol. The summed E-state index contributed by atoms with van der Waals surface area (Å²) in [6.45, 7) is 4.67. The number of para-hydroxylation sites is 2. The van der Waals surface area contributed by atoms with E-state index in [2.05, 4.69) is 9.97 Å². The molecule has 0 saturated carbocycles. The molecule has 1 saturated heterocycles. The molecular weight excluding hydrogens is 374 g/mol. The number of piperidine rings is 1. The number of benzene rings is 2. The van der Waals surface area contributed by atoms with Crippen LogP contribution in [0.5, 0.6) is 5.88 Å². The first-order valence-corrected chi connectivity index (χ1v) is 10.8. The number of rotatable bonds is 4. The Labute approximate surface area is 165 Å². The molecule has 6 nitrogen and oxygen atoms in total. The molecule has 1 aliphatic rings. The lowest BCUT2D eigenvalue weighted by Gasteiger charge is -2.31. The van der Waals surface area contributed by atoms with E-state index in [4.69, 9.17) is 4.74 Å². The zero-order chi connectivity index (χ0) is 19.7. The van der Waals surface area contributed by atoms with Crippen molar-refractivity contribution in [2.75, 3.05) is 13.1 Å². The van der Waals surface area contributed by atoms with Gasteiger partial charge in [0.1, 0.15) is 6.10 Å². The number of hydrogen-bond donors (Lipinski definition) is 0. The monoisotopic (exact) mass is 397 g/mol. The van der Waals surface area contributed by atoms with Crippen molar-refractivity contribution < 1.29 is 13.2 Å². The molecule has 0 aliphatic carbocycles. The minimum Gasteiger partial charge on any atom is -0.473 e. The van der Waals surface area contributed by atoms with E-state index >= 15 is 0 Å². The van der Waals surface area contributed by atoms with Gasteiger partial charge < -0.3 is 4.74 Å². The summed E-state index contributed by atoms with van der Waals surface area (Å²) in [4.78, 5) is 9.24. The van der Waals surface area contributed by atoms with Crippen molar-refractivity contribution in [3.8, 4) is 5.88 Å². The average molecular weight is 398 g/mol. The van der Waals surface area contributed by atoms with Crippen LogP contribution in [0.2, 0.25) is 0 Å². The molecule has 1 fully saturated rings. The largest absolute Gasteiger partial charge is 0.473 e. The van der Waals surface area contributed by atoms with Crippen molar-refractivity contribution in [3.63, 3.8) is 0 Å². The van der Waals surface area contributed by atoms with Gasteiger partial charge in [-0.2, -0.15) is 4.31 Å². The molecule has 3 aromatic rings. The van der Waals surface area contributed by atoms with E-state index in [1.807, 2.05) is 50.2 Å². The lowest BCUT2D eigenvalue weighted by molar-refractivity contribution is 0.130. The fraction of sp³-hybridized carbons (Fsp3) is 0.333. The minimum atomic E-state index is -3.48. The van der Waals surface area contributed by atoms with Crippen LogP contribution in [-0.2, 0) is 10.0 Å². The second-order valence-electron chi connectivity index (χ2n) is 7.19. The van der Waals surface area contributed by atoms with Gasteiger partial charge in [0.25, 0.3) is 0 Å². The first-order valence-electron chi connectivity index (χ1n) is 9.39. The third kappa shape index (κ3) is 3.72. The third-order valence-corrected chi connectivity index (χ3v) is 7.12. The topological polar surface area (TPSA) is 72.4 Å². The van der Waals surface area contributed by atoms with E-state index < -0.39 is 10.0 Å². The van der Waals surface area contributed by atoms with Crippen molar-refractivity contribution >= 4 is 21.1 Å². The van der Waals surface area contributed by atoms with E-state index in [1.165, 1.54) is 0 Å². The zero-order valence-electron chi connectivity index (χ0n) is 16.0. The molecule has 0 bridgehead atoms. The van der Waals surface area contributed by atoms with Crippen LogP contribution in [0.4, 0.5) is 0 Å². The van der Waals surface area contributed by atoms with E-state index in [1.54, 1.807) is 16.6 Å². The molecule has 4 rings (SSSR count). The van der Waals surface area contributed by atoms with Crippen molar-refractivity contribution in [1.82, 2.24) is 14.3 Å². The van der Waals surface area contributed by atoms with Gasteiger partial charge in [0.15, 0.2) is 0 Å². The van der Waals surface area contributed by atoms with Crippen LogP contribution in [0.25, 0.3) is 11.0 Å². The second-order valence-corrected chi connectivity index (χ2v) is 9.09. The highest BCUT2D eigenvalue weighted by Gasteiger charge is 2.31. The van der Waals surface area contributed by atoms with Gasteiger partial charge in [0.2, 0.25) is 15.9 Å². The maximum Gasteiger partial charge on any atom is 0.243 e. The molecule has 0 spiro atoms. The van der Waals surface area contributed by atoms with Gasteiger partial charge in [-0.15, -0.1) is 0 Å². The zero-order valence-corrected chi connectivity index (χ0v) is 16.8. The van der Waals surface area contributed by atoms with E-state index in [-0.39, 0.29) is 6.10 Å². The summed E-state index contributed by atoms with van der Waals surface area (Å²) in [5, 5.41) is 0. The lowest BCUT2D eigenvalue weighted by Crippen LogP contribution is -2.42. The smallest absolute Gasteiger partial charge is 0.243 e. The Bertz CT molecular complexity index is 1110. The Balaban J connectivity index is 1.43. The summed E-state index contributed by atoms with van der Waals surface area (Å²) in [6, 6.07) is 13.1. The molecule has 1 aliphatic heterocycles. The number of ether oxygens (including phenoxy) is 1. The van der Waals surface area contributed by atoms with Crippen LogP contribution in [0.15, 0.2) is 53.6 Å².